The van der Waals surface area contributed by atoms with E-state index < -0.39 is 126 Å². The third-order valence-electron chi connectivity index (χ3n) is 8.74. The van der Waals surface area contributed by atoms with Crippen LogP contribution in [0.5, 0.6) is 5.75 Å². The quantitative estimate of drug-likeness (QED) is 0.0942. The smallest absolute Gasteiger partial charge is 0.460 e. The fourth-order valence-electron chi connectivity index (χ4n) is 4.99. The number of amides is 1. The Morgan fingerprint density at radius 2 is 0.877 bits per heavy atom. The lowest BCUT2D eigenvalue weighted by molar-refractivity contribution is -0.439. The summed E-state index contributed by atoms with van der Waals surface area (Å²) in [6, 6.07) is 7.86. The molecule has 1 N–H and O–H groups in total. The molecule has 0 unspecified atom stereocenters. The molecule has 0 atom stereocenters. The maximum absolute atomic E-state index is 14.4. The maximum Gasteiger partial charge on any atom is 0.460 e. The average Bonchev–Trinajstić information content (AvgIpc) is 3.14. The summed E-state index contributed by atoms with van der Waals surface area (Å²) in [6.07, 6.45) is -20.5. The van der Waals surface area contributed by atoms with Gasteiger partial charge in [-0.3, -0.25) is 4.79 Å². The van der Waals surface area contributed by atoms with Gasteiger partial charge in [0, 0.05) is 35.6 Å². The topological polar surface area (TPSA) is 38.3 Å². The number of ether oxygens (including phenoxy) is 1. The van der Waals surface area contributed by atoms with E-state index in [9.17, 15) is 119 Å². The molecule has 0 aliphatic heterocycles. The second-order valence-electron chi connectivity index (χ2n) is 13.7. The summed E-state index contributed by atoms with van der Waals surface area (Å²) in [6.45, 7) is 1.88. The van der Waals surface area contributed by atoms with Crippen molar-refractivity contribution in [1.29, 1.82) is 0 Å². The lowest BCUT2D eigenvalue weighted by atomic mass is 9.93. The number of hydrogen-bond donors (Lipinski definition) is 1. The van der Waals surface area contributed by atoms with Crippen LogP contribution in [-0.2, 0) is 16.3 Å². The lowest BCUT2D eigenvalue weighted by Crippen LogP contribution is -2.70. The first-order chi connectivity index (χ1) is 28.8. The van der Waals surface area contributed by atoms with Gasteiger partial charge in [-0.25, -0.2) is 0 Å². The molecule has 2 rings (SSSR count). The van der Waals surface area contributed by atoms with E-state index in [4.69, 9.17) is 4.74 Å². The van der Waals surface area contributed by atoms with Crippen molar-refractivity contribution in [2.24, 2.45) is 0 Å². The summed E-state index contributed by atoms with van der Waals surface area (Å²) >= 11 is 0.0275. The molecule has 0 fully saturated rings. The fraction of sp³-hybridized carbons (Fsp3) is 0.618. The highest BCUT2D eigenvalue weighted by Gasteiger charge is 2.92. The highest BCUT2D eigenvalue weighted by Crippen LogP contribution is 2.62. The molecular weight excluding hydrogens is 1010 g/mol. The Hall–Kier alpha value is -3.41. The summed E-state index contributed by atoms with van der Waals surface area (Å²) in [5.41, 5.74) is 0.259. The highest BCUT2D eigenvalue weighted by atomic mass is 32.2. The molecule has 3 nitrogen and oxygen atoms in total. The van der Waals surface area contributed by atoms with Gasteiger partial charge in [-0.1, -0.05) is 29.8 Å². The van der Waals surface area contributed by atoms with Crippen LogP contribution in [0.4, 0.5) is 120 Å². The number of aryl methyl sites for hydroxylation is 2. The van der Waals surface area contributed by atoms with Gasteiger partial charge in [0.25, 0.3) is 5.91 Å². The average molecular weight is 1040 g/mol. The van der Waals surface area contributed by atoms with Gasteiger partial charge in [-0.15, -0.1) is 0 Å². The van der Waals surface area contributed by atoms with Crippen molar-refractivity contribution in [3.05, 3.63) is 58.7 Å². The van der Waals surface area contributed by atoms with Gasteiger partial charge in [-0.05, 0) is 48.6 Å². The van der Waals surface area contributed by atoms with E-state index in [1.807, 2.05) is 0 Å². The molecule has 0 saturated heterocycles. The Kier molecular flexibility index (Phi) is 16.8. The van der Waals surface area contributed by atoms with E-state index in [1.165, 1.54) is 12.1 Å². The number of halogens is 26. The van der Waals surface area contributed by atoms with Gasteiger partial charge in [0.2, 0.25) is 0 Å². The maximum atomic E-state index is 14.4. The van der Waals surface area contributed by atoms with Gasteiger partial charge in [0.15, 0.2) is 6.61 Å². The first-order valence-electron chi connectivity index (χ1n) is 17.0. The minimum atomic E-state index is -8.16. The molecule has 0 radical (unpaired) electrons. The lowest BCUT2D eigenvalue weighted by Gasteiger charge is -2.39. The predicted molar refractivity (Wildman–Crippen MR) is 180 cm³/mol. The van der Waals surface area contributed by atoms with E-state index in [-0.39, 0.29) is 45.9 Å². The van der Waals surface area contributed by atoms with Gasteiger partial charge in [0.05, 0.1) is 0 Å². The SMILES string of the molecule is Cc1ccc(NC(=O)COc2c(C)cc(CSCCC(F)(F)C(F)(F)C(F)(F)C(F)(F)C(F)(F)C(F)(F)F)cc2CSCCC(F)(F)C(F)(F)C(F)(F)C(F)(F)C(F)(F)C(F)(F)F)cc1. The van der Waals surface area contributed by atoms with E-state index in [2.05, 4.69) is 5.32 Å². The summed E-state index contributed by atoms with van der Waals surface area (Å²) in [4.78, 5) is 12.5. The third-order valence-corrected chi connectivity index (χ3v) is 10.8. The second kappa shape index (κ2) is 18.9. The zero-order valence-electron chi connectivity index (χ0n) is 31.9. The van der Waals surface area contributed by atoms with Crippen LogP contribution in [0, 0.1) is 13.8 Å². The van der Waals surface area contributed by atoms with Crippen LogP contribution in [0.2, 0.25) is 0 Å². The zero-order chi connectivity index (χ0) is 51.1. The Morgan fingerprint density at radius 1 is 0.508 bits per heavy atom. The summed E-state index contributed by atoms with van der Waals surface area (Å²) in [5.74, 6) is -82.4. The molecule has 0 aromatic heterocycles. The number of anilines is 1. The molecule has 0 bridgehead atoms. The second-order valence-corrected chi connectivity index (χ2v) is 15.9. The number of carbonyl (C=O) groups is 1. The Balaban J connectivity index is 2.36. The minimum Gasteiger partial charge on any atom is -0.483 e. The molecule has 2 aromatic carbocycles. The molecule has 0 aliphatic rings. The molecular formula is C34H27F26NO2S2. The van der Waals surface area contributed by atoms with Gasteiger partial charge >= 0.3 is 71.6 Å². The summed E-state index contributed by atoms with van der Waals surface area (Å²) in [5, 5.41) is 2.36. The molecule has 2 aromatic rings. The number of benzene rings is 2. The van der Waals surface area contributed by atoms with Crippen molar-refractivity contribution in [2.75, 3.05) is 23.4 Å². The normalized spacial score (nSPS) is 14.8. The van der Waals surface area contributed by atoms with Crippen LogP contribution in [0.25, 0.3) is 0 Å². The zero-order valence-corrected chi connectivity index (χ0v) is 33.5. The van der Waals surface area contributed by atoms with Gasteiger partial charge < -0.3 is 10.1 Å². The van der Waals surface area contributed by atoms with Crippen molar-refractivity contribution in [1.82, 2.24) is 0 Å². The van der Waals surface area contributed by atoms with E-state index in [0.717, 1.165) is 24.6 Å². The molecule has 0 heterocycles. The van der Waals surface area contributed by atoms with Crippen LogP contribution >= 0.6 is 23.5 Å². The van der Waals surface area contributed by atoms with Crippen molar-refractivity contribution < 1.29 is 124 Å². The number of rotatable bonds is 22. The Morgan fingerprint density at radius 3 is 1.26 bits per heavy atom. The van der Waals surface area contributed by atoms with E-state index in [1.54, 1.807) is 19.1 Å². The van der Waals surface area contributed by atoms with Gasteiger partial charge in [0.1, 0.15) is 5.75 Å². The summed E-state index contributed by atoms with van der Waals surface area (Å²) in [7, 11) is 0. The molecule has 31 heteroatoms. The largest absolute Gasteiger partial charge is 0.483 e. The van der Waals surface area contributed by atoms with Crippen LogP contribution in [-0.4, -0.2) is 95.6 Å². The summed E-state index contributed by atoms with van der Waals surface area (Å²) < 4.78 is 356. The van der Waals surface area contributed by atoms with Crippen molar-refractivity contribution in [2.45, 2.75) is 110 Å². The van der Waals surface area contributed by atoms with Gasteiger partial charge in [-0.2, -0.15) is 138 Å². The number of carbonyl (C=O) groups excluding carboxylic acids is 1. The third kappa shape index (κ3) is 11.0. The predicted octanol–water partition coefficient (Wildman–Crippen LogP) is 14.0. The van der Waals surface area contributed by atoms with E-state index >= 15 is 0 Å². The highest BCUT2D eigenvalue weighted by molar-refractivity contribution is 7.98. The molecule has 1 amide bonds. The van der Waals surface area contributed by atoms with Crippen LogP contribution in [0.1, 0.15) is 35.1 Å². The van der Waals surface area contributed by atoms with Crippen molar-refractivity contribution >= 4 is 35.1 Å². The van der Waals surface area contributed by atoms with E-state index in [0.29, 0.717) is 0 Å². The van der Waals surface area contributed by atoms with Crippen molar-refractivity contribution in [3.8, 4) is 5.75 Å². The molecule has 0 spiro atoms. The fourth-order valence-corrected chi connectivity index (χ4v) is 6.91. The Labute approximate surface area is 356 Å². The van der Waals surface area contributed by atoms with Crippen LogP contribution in [0.3, 0.4) is 0 Å². The first kappa shape index (κ1) is 57.7. The first-order valence-corrected chi connectivity index (χ1v) is 19.3. The minimum absolute atomic E-state index is 0.0110. The number of alkyl halides is 26. The van der Waals surface area contributed by atoms with Crippen LogP contribution in [0.15, 0.2) is 36.4 Å². The monoisotopic (exact) mass is 1040 g/mol. The standard InChI is InChI=1S/C34H27F26NO2S2/c1-16-3-5-20(6-4-16)61-21(62)13-63-22-17(2)11-18(14-64-9-7-23(35,36)25(39,40)27(43,44)29(47,48)31(51,52)33(55,56)57)12-19(22)15-65-10-8-24(37,38)26(41,42)28(45,46)30(49,50)32(53,54)34(58,59)60/h3-6,11-12H,7-10,13-15H2,1-2H3,(H,61,62). The number of thioether (sulfide) groups is 2. The van der Waals surface area contributed by atoms with Crippen LogP contribution < -0.4 is 10.1 Å². The molecule has 0 aliphatic carbocycles. The molecule has 374 valence electrons. The Bertz CT molecular complexity index is 1950. The van der Waals surface area contributed by atoms with Crippen molar-refractivity contribution in [3.63, 3.8) is 0 Å². The number of nitrogens with one attached hydrogen (secondary N) is 1. The molecule has 65 heavy (non-hydrogen) atoms. The number of hydrogen-bond acceptors (Lipinski definition) is 4. The molecule has 0 saturated carbocycles.